The molecule has 0 heterocycles. The molecule has 0 aromatic rings. The number of hydrogen-bond acceptors (Lipinski definition) is 2. The van der Waals surface area contributed by atoms with Gasteiger partial charge < -0.3 is 5.11 Å². The third-order valence-corrected chi connectivity index (χ3v) is 0.909. The van der Waals surface area contributed by atoms with Crippen LogP contribution in [0.5, 0.6) is 0 Å². The summed E-state index contributed by atoms with van der Waals surface area (Å²) >= 11 is 0. The maximum absolute atomic E-state index is 9.66. The van der Waals surface area contributed by atoms with Crippen molar-refractivity contribution in [2.24, 2.45) is 5.92 Å². The van der Waals surface area contributed by atoms with Gasteiger partial charge in [0.05, 0.1) is 6.10 Å². The van der Waals surface area contributed by atoms with Crippen molar-refractivity contribution in [2.45, 2.75) is 20.0 Å². The first kappa shape index (κ1) is 6.63. The Kier molecular flexibility index (Phi) is 2.60. The summed E-state index contributed by atoms with van der Waals surface area (Å²) in [5.74, 6) is -0.347. The lowest BCUT2D eigenvalue weighted by atomic mass is 10.1. The molecular weight excluding hydrogens is 92.1 g/mol. The molecule has 2 heteroatoms. The fourth-order valence-corrected chi connectivity index (χ4v) is 0.0985. The van der Waals surface area contributed by atoms with Crippen molar-refractivity contribution in [3.8, 4) is 0 Å². The number of rotatable bonds is 2. The van der Waals surface area contributed by atoms with Crippen molar-refractivity contribution in [3.63, 3.8) is 0 Å². The van der Waals surface area contributed by atoms with Crippen LogP contribution in [0.2, 0.25) is 0 Å². The first-order valence-electron chi connectivity index (χ1n) is 2.24. The Morgan fingerprint density at radius 2 is 2.00 bits per heavy atom. The van der Waals surface area contributed by atoms with Gasteiger partial charge >= 0.3 is 0 Å². The number of aliphatic hydroxyl groups is 1. The molecule has 0 aliphatic rings. The summed E-state index contributed by atoms with van der Waals surface area (Å²) in [7, 11) is 0. The summed E-state index contributed by atoms with van der Waals surface area (Å²) < 4.78 is 0. The quantitative estimate of drug-likeness (QED) is 0.536. The van der Waals surface area contributed by atoms with E-state index in [4.69, 9.17) is 5.11 Å². The van der Waals surface area contributed by atoms with Crippen LogP contribution in [0.1, 0.15) is 13.8 Å². The molecule has 7 heavy (non-hydrogen) atoms. The molecule has 2 atom stereocenters. The smallest absolute Gasteiger partial charge is 0.204 e. The van der Waals surface area contributed by atoms with E-state index >= 15 is 0 Å². The highest BCUT2D eigenvalue weighted by atomic mass is 16.3. The van der Waals surface area contributed by atoms with Crippen molar-refractivity contribution in [3.05, 3.63) is 0 Å². The molecule has 0 fully saturated rings. The molecule has 0 aromatic carbocycles. The molecule has 0 bridgehead atoms. The van der Waals surface area contributed by atoms with Crippen LogP contribution in [0.15, 0.2) is 0 Å². The molecule has 1 N–H and O–H groups in total. The largest absolute Gasteiger partial charge is 0.393 e. The lowest BCUT2D eigenvalue weighted by molar-refractivity contribution is 0.163. The van der Waals surface area contributed by atoms with E-state index < -0.39 is 6.10 Å². The topological polar surface area (TPSA) is 37.3 Å². The molecule has 0 spiro atoms. The molecule has 1 radical (unpaired) electrons. The molecular formula is C5H9O2. The molecule has 0 amide bonds. The molecule has 0 saturated carbocycles. The minimum absolute atomic E-state index is 0.347. The summed E-state index contributed by atoms with van der Waals surface area (Å²) in [6, 6.07) is 0. The fraction of sp³-hybridized carbons (Fsp3) is 0.800. The molecule has 0 rings (SSSR count). The standard InChI is InChI=1S/C5H9O2/c1-4(3-6)5(2)7/h4-5,7H,1-2H3/t4-,5-/m1/s1. The van der Waals surface area contributed by atoms with Gasteiger partial charge in [0.25, 0.3) is 0 Å². The van der Waals surface area contributed by atoms with E-state index in [9.17, 15) is 4.79 Å². The van der Waals surface area contributed by atoms with Crippen molar-refractivity contribution in [1.29, 1.82) is 0 Å². The van der Waals surface area contributed by atoms with Gasteiger partial charge in [0, 0.05) is 5.92 Å². The first-order chi connectivity index (χ1) is 3.18. The SMILES string of the molecule is C[C@H]([C]=O)[C@@H](C)O. The summed E-state index contributed by atoms with van der Waals surface area (Å²) in [5.41, 5.74) is 0. The van der Waals surface area contributed by atoms with E-state index in [0.717, 1.165) is 0 Å². The zero-order valence-corrected chi connectivity index (χ0v) is 4.51. The van der Waals surface area contributed by atoms with E-state index in [1.54, 1.807) is 20.1 Å². The van der Waals surface area contributed by atoms with Gasteiger partial charge in [-0.1, -0.05) is 6.92 Å². The molecule has 0 aromatic heterocycles. The predicted molar refractivity (Wildman–Crippen MR) is 26.5 cm³/mol. The molecule has 0 aliphatic heterocycles. The zero-order valence-electron chi connectivity index (χ0n) is 4.51. The van der Waals surface area contributed by atoms with Gasteiger partial charge in [0.15, 0.2) is 0 Å². The summed E-state index contributed by atoms with van der Waals surface area (Å²) in [5, 5.41) is 8.56. The normalized spacial score (nSPS) is 18.1. The molecule has 2 nitrogen and oxygen atoms in total. The summed E-state index contributed by atoms with van der Waals surface area (Å²) in [4.78, 5) is 9.66. The van der Waals surface area contributed by atoms with Gasteiger partial charge in [0.1, 0.15) is 0 Å². The van der Waals surface area contributed by atoms with Crippen LogP contribution in [0.25, 0.3) is 0 Å². The van der Waals surface area contributed by atoms with E-state index in [1.165, 1.54) is 0 Å². The second kappa shape index (κ2) is 2.75. The Hall–Kier alpha value is -0.370. The van der Waals surface area contributed by atoms with Gasteiger partial charge in [-0.2, -0.15) is 0 Å². The Labute approximate surface area is 43.2 Å². The lowest BCUT2D eigenvalue weighted by Gasteiger charge is -2.02. The van der Waals surface area contributed by atoms with Crippen molar-refractivity contribution >= 4 is 6.29 Å². The average molecular weight is 101 g/mol. The third-order valence-electron chi connectivity index (χ3n) is 0.909. The van der Waals surface area contributed by atoms with E-state index in [-0.39, 0.29) is 5.92 Å². The fourth-order valence-electron chi connectivity index (χ4n) is 0.0985. The maximum Gasteiger partial charge on any atom is 0.204 e. The van der Waals surface area contributed by atoms with Crippen molar-refractivity contribution in [1.82, 2.24) is 0 Å². The second-order valence-electron chi connectivity index (χ2n) is 1.65. The number of hydrogen-bond donors (Lipinski definition) is 1. The van der Waals surface area contributed by atoms with Crippen LogP contribution in [-0.2, 0) is 4.79 Å². The highest BCUT2D eigenvalue weighted by Gasteiger charge is 2.05. The van der Waals surface area contributed by atoms with E-state index in [2.05, 4.69) is 0 Å². The Morgan fingerprint density at radius 3 is 2.00 bits per heavy atom. The minimum atomic E-state index is -0.558. The third kappa shape index (κ3) is 2.34. The zero-order chi connectivity index (χ0) is 5.86. The monoisotopic (exact) mass is 101 g/mol. The second-order valence-corrected chi connectivity index (χ2v) is 1.65. The molecule has 41 valence electrons. The van der Waals surface area contributed by atoms with Gasteiger partial charge in [-0.15, -0.1) is 0 Å². The minimum Gasteiger partial charge on any atom is -0.393 e. The van der Waals surface area contributed by atoms with Crippen LogP contribution in [0.3, 0.4) is 0 Å². The summed E-state index contributed by atoms with van der Waals surface area (Å²) in [6.07, 6.45) is 1.11. The number of aliphatic hydroxyl groups excluding tert-OH is 1. The Morgan fingerprint density at radius 1 is 1.57 bits per heavy atom. The Balaban J connectivity index is 3.33. The first-order valence-corrected chi connectivity index (χ1v) is 2.24. The average Bonchev–Trinajstić information content (AvgIpc) is 1.65. The van der Waals surface area contributed by atoms with Crippen LogP contribution in [0.4, 0.5) is 0 Å². The number of carbonyl (C=O) groups excluding carboxylic acids is 1. The van der Waals surface area contributed by atoms with Crippen LogP contribution < -0.4 is 0 Å². The van der Waals surface area contributed by atoms with Gasteiger partial charge in [-0.05, 0) is 6.92 Å². The lowest BCUT2D eigenvalue weighted by Crippen LogP contribution is -2.13. The Bertz CT molecular complexity index is 59.1. The van der Waals surface area contributed by atoms with E-state index in [1.807, 2.05) is 0 Å². The van der Waals surface area contributed by atoms with Crippen molar-refractivity contribution in [2.75, 3.05) is 0 Å². The summed E-state index contributed by atoms with van der Waals surface area (Å²) in [6.45, 7) is 3.19. The maximum atomic E-state index is 9.66. The molecule has 0 aliphatic carbocycles. The van der Waals surface area contributed by atoms with Gasteiger partial charge in [-0.25, -0.2) is 0 Å². The van der Waals surface area contributed by atoms with Crippen LogP contribution >= 0.6 is 0 Å². The van der Waals surface area contributed by atoms with Gasteiger partial charge in [-0.3, -0.25) is 4.79 Å². The van der Waals surface area contributed by atoms with Crippen LogP contribution in [-0.4, -0.2) is 17.5 Å². The molecule has 0 saturated heterocycles. The van der Waals surface area contributed by atoms with Crippen LogP contribution in [0, 0.1) is 5.92 Å². The predicted octanol–water partition coefficient (Wildman–Crippen LogP) is 0.113. The van der Waals surface area contributed by atoms with Gasteiger partial charge in [0.2, 0.25) is 6.29 Å². The highest BCUT2D eigenvalue weighted by Crippen LogP contribution is 1.94. The van der Waals surface area contributed by atoms with E-state index in [0.29, 0.717) is 0 Å². The van der Waals surface area contributed by atoms with Crippen molar-refractivity contribution < 1.29 is 9.90 Å². The molecule has 0 unspecified atom stereocenters. The highest BCUT2D eigenvalue weighted by molar-refractivity contribution is 5.54.